The smallest absolute Gasteiger partial charge is 0.229 e. The lowest BCUT2D eigenvalue weighted by Crippen LogP contribution is -2.28. The number of anilines is 2. The molecule has 0 aromatic heterocycles. The molecule has 1 aliphatic heterocycles. The predicted octanol–water partition coefficient (Wildman–Crippen LogP) is 5.93. The van der Waals surface area contributed by atoms with E-state index in [0.29, 0.717) is 18.0 Å². The Hall–Kier alpha value is -4.12. The Morgan fingerprint density at radius 3 is 2.48 bits per heavy atom. The first-order valence-electron chi connectivity index (χ1n) is 11.0. The molecular formula is C28H24N2O3. The van der Waals surface area contributed by atoms with Crippen LogP contribution in [0.15, 0.2) is 91.0 Å². The Morgan fingerprint density at radius 1 is 0.909 bits per heavy atom. The Kier molecular flexibility index (Phi) is 5.53. The molecule has 0 saturated carbocycles. The zero-order chi connectivity index (χ0) is 22.8. The standard InChI is InChI=1S/C28H24N2O3/c1-19-6-4-9-24(16-19)33-23-14-12-22(13-15-23)29-28(32)21-17-27(31)30(18-21)26-11-5-8-20-7-2-3-10-25(20)26/h2-16,21H,17-18H2,1H3,(H,29,32)/t21-/m0/s1. The lowest BCUT2D eigenvalue weighted by molar-refractivity contribution is -0.122. The molecule has 0 unspecified atom stereocenters. The van der Waals surface area contributed by atoms with E-state index in [4.69, 9.17) is 4.74 Å². The van der Waals surface area contributed by atoms with E-state index in [2.05, 4.69) is 5.32 Å². The van der Waals surface area contributed by atoms with Gasteiger partial charge >= 0.3 is 0 Å². The predicted molar refractivity (Wildman–Crippen MR) is 131 cm³/mol. The van der Waals surface area contributed by atoms with Crippen LogP contribution in [0.25, 0.3) is 10.8 Å². The average Bonchev–Trinajstić information content (AvgIpc) is 3.21. The normalized spacial score (nSPS) is 15.6. The molecular weight excluding hydrogens is 412 g/mol. The second-order valence-corrected chi connectivity index (χ2v) is 8.34. The summed E-state index contributed by atoms with van der Waals surface area (Å²) in [6, 6.07) is 29.0. The molecule has 0 aliphatic carbocycles. The maximum atomic E-state index is 12.9. The van der Waals surface area contributed by atoms with Crippen LogP contribution in [0.3, 0.4) is 0 Å². The molecule has 5 rings (SSSR count). The van der Waals surface area contributed by atoms with Gasteiger partial charge in [-0.25, -0.2) is 0 Å². The fraction of sp³-hybridized carbons (Fsp3) is 0.143. The van der Waals surface area contributed by atoms with Crippen molar-refractivity contribution in [3.05, 3.63) is 96.6 Å². The molecule has 1 N–H and O–H groups in total. The SMILES string of the molecule is Cc1cccc(Oc2ccc(NC(=O)[C@H]3CC(=O)N(c4cccc5ccccc45)C3)cc2)c1. The molecule has 5 nitrogen and oxygen atoms in total. The van der Waals surface area contributed by atoms with E-state index in [1.54, 1.807) is 4.90 Å². The van der Waals surface area contributed by atoms with Gasteiger partial charge in [0.25, 0.3) is 0 Å². The zero-order valence-corrected chi connectivity index (χ0v) is 18.3. The summed E-state index contributed by atoms with van der Waals surface area (Å²) in [7, 11) is 0. The summed E-state index contributed by atoms with van der Waals surface area (Å²) in [5.41, 5.74) is 2.65. The van der Waals surface area contributed by atoms with E-state index in [1.165, 1.54) is 0 Å². The minimum absolute atomic E-state index is 0.0339. The van der Waals surface area contributed by atoms with E-state index in [9.17, 15) is 9.59 Å². The number of fused-ring (bicyclic) bond motifs is 1. The van der Waals surface area contributed by atoms with Crippen LogP contribution >= 0.6 is 0 Å². The van der Waals surface area contributed by atoms with Crippen molar-refractivity contribution in [3.8, 4) is 11.5 Å². The van der Waals surface area contributed by atoms with E-state index >= 15 is 0 Å². The van der Waals surface area contributed by atoms with Gasteiger partial charge in [0.1, 0.15) is 11.5 Å². The molecule has 0 bridgehead atoms. The number of carbonyl (C=O) groups is 2. The summed E-state index contributed by atoms with van der Waals surface area (Å²) >= 11 is 0. The molecule has 2 amide bonds. The summed E-state index contributed by atoms with van der Waals surface area (Å²) in [6.45, 7) is 2.38. The van der Waals surface area contributed by atoms with Crippen LogP contribution in [0.5, 0.6) is 11.5 Å². The van der Waals surface area contributed by atoms with Crippen molar-refractivity contribution in [2.24, 2.45) is 5.92 Å². The first kappa shape index (κ1) is 20.8. The molecule has 1 heterocycles. The van der Waals surface area contributed by atoms with Crippen molar-refractivity contribution in [2.45, 2.75) is 13.3 Å². The van der Waals surface area contributed by atoms with Crippen LogP contribution in [-0.2, 0) is 9.59 Å². The number of nitrogens with zero attached hydrogens (tertiary/aromatic N) is 1. The highest BCUT2D eigenvalue weighted by atomic mass is 16.5. The van der Waals surface area contributed by atoms with Crippen molar-refractivity contribution in [1.29, 1.82) is 0 Å². The summed E-state index contributed by atoms with van der Waals surface area (Å²) in [5, 5.41) is 5.03. The molecule has 0 radical (unpaired) electrons. The number of benzene rings is 4. The average molecular weight is 437 g/mol. The molecule has 4 aromatic carbocycles. The third-order valence-electron chi connectivity index (χ3n) is 5.90. The van der Waals surface area contributed by atoms with Crippen molar-refractivity contribution in [3.63, 3.8) is 0 Å². The largest absolute Gasteiger partial charge is 0.457 e. The van der Waals surface area contributed by atoms with E-state index in [1.807, 2.05) is 97.9 Å². The third kappa shape index (κ3) is 4.44. The summed E-state index contributed by atoms with van der Waals surface area (Å²) in [4.78, 5) is 27.4. The number of nitrogens with one attached hydrogen (secondary N) is 1. The van der Waals surface area contributed by atoms with Gasteiger partial charge in [0.15, 0.2) is 0 Å². The number of aryl methyl sites for hydroxylation is 1. The number of hydrogen-bond donors (Lipinski definition) is 1. The van der Waals surface area contributed by atoms with E-state index in [0.717, 1.165) is 27.8 Å². The Labute approximate surface area is 192 Å². The molecule has 1 fully saturated rings. The molecule has 164 valence electrons. The van der Waals surface area contributed by atoms with E-state index in [-0.39, 0.29) is 18.2 Å². The van der Waals surface area contributed by atoms with Gasteiger partial charge < -0.3 is 15.0 Å². The molecule has 5 heteroatoms. The third-order valence-corrected chi connectivity index (χ3v) is 5.90. The van der Waals surface area contributed by atoms with Gasteiger partial charge in [-0.2, -0.15) is 0 Å². The highest BCUT2D eigenvalue weighted by Gasteiger charge is 2.35. The van der Waals surface area contributed by atoms with E-state index < -0.39 is 5.92 Å². The van der Waals surface area contributed by atoms with Crippen LogP contribution in [0.1, 0.15) is 12.0 Å². The second kappa shape index (κ2) is 8.79. The lowest BCUT2D eigenvalue weighted by atomic mass is 10.1. The topological polar surface area (TPSA) is 58.6 Å². The van der Waals surface area contributed by atoms with Crippen molar-refractivity contribution >= 4 is 34.0 Å². The van der Waals surface area contributed by atoms with Crippen molar-refractivity contribution in [1.82, 2.24) is 0 Å². The van der Waals surface area contributed by atoms with Crippen molar-refractivity contribution in [2.75, 3.05) is 16.8 Å². The first-order valence-corrected chi connectivity index (χ1v) is 11.0. The summed E-state index contributed by atoms with van der Waals surface area (Å²) < 4.78 is 5.87. The van der Waals surface area contributed by atoms with Crippen molar-refractivity contribution < 1.29 is 14.3 Å². The van der Waals surface area contributed by atoms with Crippen LogP contribution < -0.4 is 15.0 Å². The Balaban J connectivity index is 1.25. The first-order chi connectivity index (χ1) is 16.1. The van der Waals surface area contributed by atoms with Gasteiger partial charge in [0.05, 0.1) is 11.6 Å². The molecule has 1 atom stereocenters. The van der Waals surface area contributed by atoms with Gasteiger partial charge in [0, 0.05) is 24.0 Å². The van der Waals surface area contributed by atoms with Crippen LogP contribution in [0.4, 0.5) is 11.4 Å². The lowest BCUT2D eigenvalue weighted by Gasteiger charge is -2.19. The highest BCUT2D eigenvalue weighted by molar-refractivity contribution is 6.08. The van der Waals surface area contributed by atoms with Gasteiger partial charge in [-0.15, -0.1) is 0 Å². The molecule has 33 heavy (non-hydrogen) atoms. The number of amides is 2. The Morgan fingerprint density at radius 2 is 1.67 bits per heavy atom. The van der Waals surface area contributed by atoms with Gasteiger partial charge in [-0.1, -0.05) is 48.5 Å². The fourth-order valence-electron chi connectivity index (χ4n) is 4.23. The Bertz CT molecular complexity index is 1330. The minimum atomic E-state index is -0.403. The zero-order valence-electron chi connectivity index (χ0n) is 18.3. The molecule has 0 spiro atoms. The van der Waals surface area contributed by atoms with Crippen LogP contribution in [-0.4, -0.2) is 18.4 Å². The second-order valence-electron chi connectivity index (χ2n) is 8.34. The van der Waals surface area contributed by atoms with Gasteiger partial charge in [-0.3, -0.25) is 9.59 Å². The van der Waals surface area contributed by atoms with Crippen LogP contribution in [0.2, 0.25) is 0 Å². The monoisotopic (exact) mass is 436 g/mol. The maximum Gasteiger partial charge on any atom is 0.229 e. The molecule has 1 aliphatic rings. The fourth-order valence-corrected chi connectivity index (χ4v) is 4.23. The highest BCUT2D eigenvalue weighted by Crippen LogP contribution is 2.32. The number of ether oxygens (including phenoxy) is 1. The van der Waals surface area contributed by atoms with Crippen LogP contribution in [0, 0.1) is 12.8 Å². The minimum Gasteiger partial charge on any atom is -0.457 e. The number of rotatable bonds is 5. The van der Waals surface area contributed by atoms with Gasteiger partial charge in [0.2, 0.25) is 11.8 Å². The number of carbonyl (C=O) groups excluding carboxylic acids is 2. The number of hydrogen-bond acceptors (Lipinski definition) is 3. The quantitative estimate of drug-likeness (QED) is 0.422. The van der Waals surface area contributed by atoms with Gasteiger partial charge in [-0.05, 0) is 60.3 Å². The molecule has 4 aromatic rings. The maximum absolute atomic E-state index is 12.9. The summed E-state index contributed by atoms with van der Waals surface area (Å²) in [6.07, 6.45) is 0.198. The molecule has 1 saturated heterocycles. The summed E-state index contributed by atoms with van der Waals surface area (Å²) in [5.74, 6) is 0.869.